The van der Waals surface area contributed by atoms with E-state index in [-0.39, 0.29) is 12.5 Å². The average molecular weight is 572 g/mol. The largest absolute Gasteiger partial charge is 0.497 e. The molecule has 6 atom stereocenters. The van der Waals surface area contributed by atoms with E-state index in [2.05, 4.69) is 5.32 Å². The van der Waals surface area contributed by atoms with E-state index >= 15 is 0 Å². The Bertz CT molecular complexity index is 1450. The van der Waals surface area contributed by atoms with Crippen LogP contribution in [0.3, 0.4) is 0 Å². The zero-order chi connectivity index (χ0) is 29.2. The minimum atomic E-state index is -1.12. The number of aliphatic hydroxyl groups excluding tert-OH is 1. The smallest absolute Gasteiger partial charge is 0.327 e. The molecule has 0 aromatic heterocycles. The van der Waals surface area contributed by atoms with Crippen LogP contribution in [0, 0.1) is 5.92 Å². The molecule has 4 heterocycles. The van der Waals surface area contributed by atoms with Gasteiger partial charge in [-0.15, -0.1) is 0 Å². The van der Waals surface area contributed by atoms with E-state index in [1.54, 1.807) is 26.0 Å². The Morgan fingerprint density at radius 1 is 0.929 bits per heavy atom. The molecule has 4 saturated heterocycles. The predicted octanol–water partition coefficient (Wildman–Crippen LogP) is 2.68. The summed E-state index contributed by atoms with van der Waals surface area (Å²) < 4.78 is 24.5. The number of nitrogens with zero attached hydrogens (tertiary/aromatic N) is 2. The van der Waals surface area contributed by atoms with E-state index in [0.717, 1.165) is 16.7 Å². The first-order valence-corrected chi connectivity index (χ1v) is 14.1. The third kappa shape index (κ3) is 3.72. The van der Waals surface area contributed by atoms with Gasteiger partial charge in [-0.25, -0.2) is 4.79 Å². The molecule has 4 fully saturated rings. The molecule has 3 amide bonds. The Morgan fingerprint density at radius 2 is 1.50 bits per heavy atom. The van der Waals surface area contributed by atoms with Gasteiger partial charge in [-0.3, -0.25) is 19.9 Å². The molecule has 3 aromatic carbocycles. The van der Waals surface area contributed by atoms with Gasteiger partial charge in [0.15, 0.2) is 6.23 Å². The number of carbonyl (C=O) groups is 2. The molecule has 0 spiro atoms. The summed E-state index contributed by atoms with van der Waals surface area (Å²) in [5, 5.41) is 14.1. The van der Waals surface area contributed by atoms with E-state index in [4.69, 9.17) is 18.9 Å². The summed E-state index contributed by atoms with van der Waals surface area (Å²) in [6.07, 6.45) is -2.10. The Balaban J connectivity index is 1.31. The molecular formula is C32H33N3O7. The van der Waals surface area contributed by atoms with Gasteiger partial charge < -0.3 is 24.1 Å². The van der Waals surface area contributed by atoms with Crippen molar-refractivity contribution >= 4 is 11.9 Å². The molecule has 10 nitrogen and oxygen atoms in total. The Labute approximate surface area is 243 Å². The number of fused-ring (bicyclic) bond motifs is 4. The zero-order valence-electron chi connectivity index (χ0n) is 23.6. The molecule has 2 bridgehead atoms. The normalized spacial score (nSPS) is 29.9. The van der Waals surface area contributed by atoms with E-state index in [1.807, 2.05) is 83.8 Å². The Hall–Kier alpha value is -3.96. The predicted molar refractivity (Wildman–Crippen MR) is 151 cm³/mol. The summed E-state index contributed by atoms with van der Waals surface area (Å²) in [7, 11) is 3.25. The maximum Gasteiger partial charge on any atom is 0.327 e. The summed E-state index contributed by atoms with van der Waals surface area (Å²) in [5.41, 5.74) is 0.391. The quantitative estimate of drug-likeness (QED) is 0.398. The Morgan fingerprint density at radius 3 is 2.07 bits per heavy atom. The van der Waals surface area contributed by atoms with Gasteiger partial charge in [0, 0.05) is 6.54 Å². The summed E-state index contributed by atoms with van der Waals surface area (Å²) >= 11 is 0. The fraction of sp³-hybridized carbons (Fsp3) is 0.375. The number of nitrogens with one attached hydrogen (secondary N) is 1. The van der Waals surface area contributed by atoms with Crippen LogP contribution >= 0.6 is 0 Å². The lowest BCUT2D eigenvalue weighted by Crippen LogP contribution is -2.61. The van der Waals surface area contributed by atoms with Crippen LogP contribution in [0.15, 0.2) is 78.9 Å². The number of rotatable bonds is 8. The number of ether oxygens (including phenoxy) is 4. The van der Waals surface area contributed by atoms with E-state index in [9.17, 15) is 14.7 Å². The molecule has 2 N–H and O–H groups in total. The van der Waals surface area contributed by atoms with Crippen LogP contribution < -0.4 is 14.8 Å². The van der Waals surface area contributed by atoms with Crippen molar-refractivity contribution in [2.45, 2.75) is 42.7 Å². The van der Waals surface area contributed by atoms with Gasteiger partial charge in [-0.1, -0.05) is 61.5 Å². The molecule has 3 aromatic rings. The topological polar surface area (TPSA) is 110 Å². The number of imide groups is 1. The van der Waals surface area contributed by atoms with Gasteiger partial charge in [0.25, 0.3) is 0 Å². The van der Waals surface area contributed by atoms with Crippen molar-refractivity contribution in [2.24, 2.45) is 5.92 Å². The SMILES string of the molecule is COc1ccc(C(OC[C@]23CN4[C@H]([C@@H](O2)N2C(=O)NC(=O)[C@@H](C)[C@H]42)[C@H]3O)(c2ccccc2)c2ccc(OC)cc2)cc1. The highest BCUT2D eigenvalue weighted by Crippen LogP contribution is 2.53. The minimum absolute atomic E-state index is 0.0229. The molecule has 0 saturated carbocycles. The van der Waals surface area contributed by atoms with Crippen molar-refractivity contribution in [3.05, 3.63) is 95.6 Å². The monoisotopic (exact) mass is 571 g/mol. The van der Waals surface area contributed by atoms with Crippen LogP contribution in [0.2, 0.25) is 0 Å². The van der Waals surface area contributed by atoms with Gasteiger partial charge >= 0.3 is 6.03 Å². The van der Waals surface area contributed by atoms with Crippen LogP contribution in [-0.2, 0) is 19.9 Å². The fourth-order valence-electron chi connectivity index (χ4n) is 7.19. The molecule has 4 aliphatic heterocycles. The molecule has 0 radical (unpaired) electrons. The number of carbonyl (C=O) groups excluding carboxylic acids is 2. The summed E-state index contributed by atoms with van der Waals surface area (Å²) in [5.74, 6) is 0.631. The van der Waals surface area contributed by atoms with E-state index in [1.165, 1.54) is 0 Å². The zero-order valence-corrected chi connectivity index (χ0v) is 23.6. The van der Waals surface area contributed by atoms with E-state index < -0.39 is 47.7 Å². The molecule has 0 aliphatic carbocycles. The number of methoxy groups -OCH3 is 2. The lowest BCUT2D eigenvalue weighted by atomic mass is 9.79. The number of urea groups is 1. The summed E-state index contributed by atoms with van der Waals surface area (Å²) in [6, 6.07) is 24.4. The van der Waals surface area contributed by atoms with Gasteiger partial charge in [0.2, 0.25) is 5.91 Å². The number of morpholine rings is 1. The molecule has 7 rings (SSSR count). The highest BCUT2D eigenvalue weighted by Gasteiger charge is 2.73. The third-order valence-corrected chi connectivity index (χ3v) is 9.27. The van der Waals surface area contributed by atoms with Crippen molar-refractivity contribution in [1.29, 1.82) is 0 Å². The lowest BCUT2D eigenvalue weighted by Gasteiger charge is -2.40. The van der Waals surface area contributed by atoms with Gasteiger partial charge in [-0.05, 0) is 41.0 Å². The van der Waals surface area contributed by atoms with Crippen molar-refractivity contribution in [3.63, 3.8) is 0 Å². The van der Waals surface area contributed by atoms with Gasteiger partial charge in [0.1, 0.15) is 35.0 Å². The lowest BCUT2D eigenvalue weighted by molar-refractivity contribution is -0.161. The molecular weight excluding hydrogens is 538 g/mol. The first-order valence-electron chi connectivity index (χ1n) is 14.1. The maximum absolute atomic E-state index is 12.9. The fourth-order valence-corrected chi connectivity index (χ4v) is 7.19. The minimum Gasteiger partial charge on any atom is -0.497 e. The van der Waals surface area contributed by atoms with Crippen molar-refractivity contribution in [1.82, 2.24) is 15.1 Å². The second-order valence-electron chi connectivity index (χ2n) is 11.4. The first-order chi connectivity index (χ1) is 20.3. The third-order valence-electron chi connectivity index (χ3n) is 9.27. The Kier molecular flexibility index (Phi) is 6.28. The van der Waals surface area contributed by atoms with Crippen LogP contribution in [0.5, 0.6) is 11.5 Å². The highest BCUT2D eigenvalue weighted by atomic mass is 16.6. The van der Waals surface area contributed by atoms with Gasteiger partial charge in [0.05, 0.1) is 32.8 Å². The number of hydrogen-bond acceptors (Lipinski definition) is 8. The first kappa shape index (κ1) is 26.9. The maximum atomic E-state index is 12.9. The van der Waals surface area contributed by atoms with Crippen molar-refractivity contribution < 1.29 is 33.6 Å². The summed E-state index contributed by atoms with van der Waals surface area (Å²) in [4.78, 5) is 29.0. The number of benzene rings is 3. The second-order valence-corrected chi connectivity index (χ2v) is 11.4. The average Bonchev–Trinajstić information content (AvgIpc) is 3.54. The molecule has 218 valence electrons. The van der Waals surface area contributed by atoms with E-state index in [0.29, 0.717) is 18.0 Å². The second kappa shape index (κ2) is 9.81. The standard InChI is InChI=1S/C32H33N3O7/c1-19-27(37)33-30(38)35-28(19)34-17-31(26(36)25(34)29(35)42-31)18-41-32(20-7-5-4-6-8-20,21-9-13-23(39-2)14-10-21)22-11-15-24(40-3)16-12-22/h4-16,19,25-26,28-29,36H,17-18H2,1-3H3,(H,33,37,38)/t19-,25+,26-,28-,29-,31+/m1/s1. The number of amides is 3. The van der Waals surface area contributed by atoms with Crippen LogP contribution in [-0.4, -0.2) is 84.4 Å². The number of aliphatic hydroxyl groups is 1. The molecule has 4 aliphatic rings. The van der Waals surface area contributed by atoms with Crippen LogP contribution in [0.25, 0.3) is 0 Å². The summed E-state index contributed by atoms with van der Waals surface area (Å²) in [6.45, 7) is 2.13. The van der Waals surface area contributed by atoms with Crippen LogP contribution in [0.4, 0.5) is 4.79 Å². The van der Waals surface area contributed by atoms with Crippen molar-refractivity contribution in [2.75, 3.05) is 27.4 Å². The molecule has 0 unspecified atom stereocenters. The van der Waals surface area contributed by atoms with Gasteiger partial charge in [-0.2, -0.15) is 0 Å². The highest BCUT2D eigenvalue weighted by molar-refractivity contribution is 5.98. The van der Waals surface area contributed by atoms with Crippen LogP contribution in [0.1, 0.15) is 23.6 Å². The number of hydrogen-bond donors (Lipinski definition) is 2. The van der Waals surface area contributed by atoms with Crippen molar-refractivity contribution in [3.8, 4) is 11.5 Å². The molecule has 10 heteroatoms. The molecule has 42 heavy (non-hydrogen) atoms.